The molecule has 2 N–H and O–H groups in total. The molecule has 2 aromatic rings. The van der Waals surface area contributed by atoms with Crippen LogP contribution in [-0.2, 0) is 20.0 Å². The lowest BCUT2D eigenvalue weighted by molar-refractivity contribution is 0.275. The Bertz CT molecular complexity index is 814. The van der Waals surface area contributed by atoms with Crippen LogP contribution in [0.5, 0.6) is 0 Å². The SMILES string of the molecule is Cc1nnc(CN=C(NCCc2cccs2)NC2CCN(CC3CCCC3)C2)n1C.I. The van der Waals surface area contributed by atoms with Crippen LogP contribution in [0.4, 0.5) is 0 Å². The molecule has 0 spiro atoms. The molecule has 1 unspecified atom stereocenters. The summed E-state index contributed by atoms with van der Waals surface area (Å²) in [5, 5.41) is 17.8. The monoisotopic (exact) mass is 557 g/mol. The first-order valence-corrected chi connectivity index (χ1v) is 12.2. The van der Waals surface area contributed by atoms with E-state index in [0.717, 1.165) is 43.0 Å². The van der Waals surface area contributed by atoms with Gasteiger partial charge in [-0.1, -0.05) is 18.9 Å². The quantitative estimate of drug-likeness (QED) is 0.296. The summed E-state index contributed by atoms with van der Waals surface area (Å²) in [6, 6.07) is 4.76. The van der Waals surface area contributed by atoms with Gasteiger partial charge in [0.2, 0.25) is 0 Å². The van der Waals surface area contributed by atoms with Crippen LogP contribution >= 0.6 is 35.3 Å². The third kappa shape index (κ3) is 7.15. The lowest BCUT2D eigenvalue weighted by Gasteiger charge is -2.21. The number of aromatic nitrogens is 3. The Hall–Kier alpha value is -1.20. The number of halogens is 1. The van der Waals surface area contributed by atoms with Crippen molar-refractivity contribution in [3.8, 4) is 0 Å². The first-order valence-electron chi connectivity index (χ1n) is 11.3. The number of guanidine groups is 1. The van der Waals surface area contributed by atoms with Crippen molar-refractivity contribution < 1.29 is 0 Å². The van der Waals surface area contributed by atoms with Gasteiger partial charge in [-0.25, -0.2) is 4.99 Å². The minimum atomic E-state index is 0. The van der Waals surface area contributed by atoms with Gasteiger partial charge in [0, 0.05) is 44.1 Å². The van der Waals surface area contributed by atoms with Crippen molar-refractivity contribution in [3.05, 3.63) is 34.0 Å². The lowest BCUT2D eigenvalue weighted by Crippen LogP contribution is -2.45. The van der Waals surface area contributed by atoms with Crippen molar-refractivity contribution in [2.75, 3.05) is 26.2 Å². The number of rotatable bonds is 8. The molecule has 0 radical (unpaired) electrons. The molecule has 1 aliphatic carbocycles. The van der Waals surface area contributed by atoms with E-state index in [9.17, 15) is 0 Å². The standard InChI is InChI=1S/C22H35N7S.HI/c1-17-26-27-21(28(17)2)14-24-22(23-11-9-20-8-5-13-30-20)25-19-10-12-29(16-19)15-18-6-3-4-7-18;/h5,8,13,18-19H,3-4,6-7,9-12,14-16H2,1-2H3,(H2,23,24,25);1H. The molecule has 4 rings (SSSR count). The fourth-order valence-electron chi connectivity index (χ4n) is 4.52. The van der Waals surface area contributed by atoms with E-state index in [4.69, 9.17) is 4.99 Å². The summed E-state index contributed by atoms with van der Waals surface area (Å²) in [5.74, 6) is 3.61. The molecule has 1 atom stereocenters. The first kappa shape index (κ1) is 24.4. The smallest absolute Gasteiger partial charge is 0.191 e. The Balaban J connectivity index is 0.00000272. The summed E-state index contributed by atoms with van der Waals surface area (Å²) in [5.41, 5.74) is 0. The molecular formula is C22H36IN7S. The summed E-state index contributed by atoms with van der Waals surface area (Å²) in [6.45, 7) is 6.96. The van der Waals surface area contributed by atoms with Crippen molar-refractivity contribution in [2.45, 2.75) is 58.0 Å². The molecule has 2 aliphatic rings. The number of aliphatic imine (C=N–C) groups is 1. The largest absolute Gasteiger partial charge is 0.356 e. The third-order valence-electron chi connectivity index (χ3n) is 6.41. The Morgan fingerprint density at radius 1 is 1.26 bits per heavy atom. The fourth-order valence-corrected chi connectivity index (χ4v) is 5.23. The minimum absolute atomic E-state index is 0. The average molecular weight is 558 g/mol. The van der Waals surface area contributed by atoms with Crippen LogP contribution in [0, 0.1) is 12.8 Å². The second-order valence-corrected chi connectivity index (χ2v) is 9.72. The van der Waals surface area contributed by atoms with Crippen LogP contribution in [0.3, 0.4) is 0 Å². The highest BCUT2D eigenvalue weighted by Gasteiger charge is 2.26. The summed E-state index contributed by atoms with van der Waals surface area (Å²) < 4.78 is 2.01. The van der Waals surface area contributed by atoms with E-state index in [1.807, 2.05) is 29.9 Å². The lowest BCUT2D eigenvalue weighted by atomic mass is 10.1. The zero-order valence-corrected chi connectivity index (χ0v) is 21.9. The van der Waals surface area contributed by atoms with Gasteiger partial charge in [-0.2, -0.15) is 0 Å². The van der Waals surface area contributed by atoms with Crippen LogP contribution < -0.4 is 10.6 Å². The van der Waals surface area contributed by atoms with Crippen molar-refractivity contribution in [3.63, 3.8) is 0 Å². The summed E-state index contributed by atoms with van der Waals surface area (Å²) >= 11 is 1.81. The van der Waals surface area contributed by atoms with Gasteiger partial charge < -0.3 is 20.1 Å². The number of nitrogens with zero attached hydrogens (tertiary/aromatic N) is 5. The molecule has 0 bridgehead atoms. The Morgan fingerprint density at radius 3 is 2.81 bits per heavy atom. The van der Waals surface area contributed by atoms with Crippen molar-refractivity contribution in [1.29, 1.82) is 0 Å². The Kier molecular flexibility index (Phi) is 9.58. The van der Waals surface area contributed by atoms with Gasteiger partial charge in [0.05, 0.1) is 0 Å². The molecule has 2 aromatic heterocycles. The maximum absolute atomic E-state index is 4.83. The fraction of sp³-hybridized carbons (Fsp3) is 0.682. The van der Waals surface area contributed by atoms with E-state index in [0.29, 0.717) is 12.6 Å². The third-order valence-corrected chi connectivity index (χ3v) is 7.35. The number of hydrogen-bond donors (Lipinski definition) is 2. The second-order valence-electron chi connectivity index (χ2n) is 8.68. The van der Waals surface area contributed by atoms with Crippen molar-refractivity contribution >= 4 is 41.3 Å². The summed E-state index contributed by atoms with van der Waals surface area (Å²) in [7, 11) is 2.00. The molecule has 1 aliphatic heterocycles. The molecule has 3 heterocycles. The molecule has 7 nitrogen and oxygen atoms in total. The van der Waals surface area contributed by atoms with E-state index in [1.54, 1.807) is 0 Å². The zero-order chi connectivity index (χ0) is 20.8. The van der Waals surface area contributed by atoms with Gasteiger partial charge in [-0.05, 0) is 50.0 Å². The number of hydrogen-bond acceptors (Lipinski definition) is 5. The number of nitrogens with one attached hydrogen (secondary N) is 2. The van der Waals surface area contributed by atoms with Crippen LogP contribution in [-0.4, -0.2) is 57.8 Å². The number of aryl methyl sites for hydroxylation is 1. The van der Waals surface area contributed by atoms with Crippen LogP contribution in [0.2, 0.25) is 0 Å². The molecule has 172 valence electrons. The molecule has 9 heteroatoms. The molecule has 31 heavy (non-hydrogen) atoms. The highest BCUT2D eigenvalue weighted by Crippen LogP contribution is 2.26. The first-order chi connectivity index (χ1) is 14.7. The van der Waals surface area contributed by atoms with Crippen molar-refractivity contribution in [1.82, 2.24) is 30.3 Å². The van der Waals surface area contributed by atoms with E-state index >= 15 is 0 Å². The van der Waals surface area contributed by atoms with E-state index in [-0.39, 0.29) is 24.0 Å². The van der Waals surface area contributed by atoms with Gasteiger partial charge in [0.15, 0.2) is 11.8 Å². The van der Waals surface area contributed by atoms with Gasteiger partial charge in [0.25, 0.3) is 0 Å². The van der Waals surface area contributed by atoms with E-state index in [1.165, 1.54) is 50.1 Å². The van der Waals surface area contributed by atoms with Crippen LogP contribution in [0.25, 0.3) is 0 Å². The number of thiophene rings is 1. The van der Waals surface area contributed by atoms with Crippen LogP contribution in [0.15, 0.2) is 22.5 Å². The van der Waals surface area contributed by atoms with Crippen LogP contribution in [0.1, 0.15) is 48.6 Å². The molecule has 1 saturated heterocycles. The number of likely N-dealkylation sites (tertiary alicyclic amines) is 1. The van der Waals surface area contributed by atoms with E-state index in [2.05, 4.69) is 43.2 Å². The molecule has 1 saturated carbocycles. The second kappa shape index (κ2) is 12.2. The maximum Gasteiger partial charge on any atom is 0.191 e. The molecule has 0 aromatic carbocycles. The Morgan fingerprint density at radius 2 is 2.10 bits per heavy atom. The predicted molar refractivity (Wildman–Crippen MR) is 138 cm³/mol. The van der Waals surface area contributed by atoms with E-state index < -0.39 is 0 Å². The van der Waals surface area contributed by atoms with Gasteiger partial charge in [0.1, 0.15) is 12.4 Å². The normalized spacial score (nSPS) is 20.2. The summed E-state index contributed by atoms with van der Waals surface area (Å²) in [4.78, 5) is 8.87. The highest BCUT2D eigenvalue weighted by atomic mass is 127. The predicted octanol–water partition coefficient (Wildman–Crippen LogP) is 3.35. The van der Waals surface area contributed by atoms with Gasteiger partial charge in [-0.15, -0.1) is 45.5 Å². The zero-order valence-electron chi connectivity index (χ0n) is 18.7. The molecule has 2 fully saturated rings. The molecular weight excluding hydrogens is 521 g/mol. The van der Waals surface area contributed by atoms with Gasteiger partial charge >= 0.3 is 0 Å². The molecule has 0 amide bonds. The minimum Gasteiger partial charge on any atom is -0.356 e. The summed E-state index contributed by atoms with van der Waals surface area (Å²) in [6.07, 6.45) is 7.88. The van der Waals surface area contributed by atoms with Crippen molar-refractivity contribution in [2.24, 2.45) is 18.0 Å². The average Bonchev–Trinajstić information content (AvgIpc) is 3.53. The topological polar surface area (TPSA) is 70.4 Å². The highest BCUT2D eigenvalue weighted by molar-refractivity contribution is 14.0. The maximum atomic E-state index is 4.83. The van der Waals surface area contributed by atoms with Gasteiger partial charge in [-0.3, -0.25) is 0 Å². The Labute approximate surface area is 207 Å².